The zero-order valence-corrected chi connectivity index (χ0v) is 12.1. The van der Waals surface area contributed by atoms with Crippen molar-refractivity contribution in [3.8, 4) is 0 Å². The van der Waals surface area contributed by atoms with Crippen LogP contribution in [-0.4, -0.2) is 29.1 Å². The van der Waals surface area contributed by atoms with Crippen LogP contribution in [0.25, 0.3) is 0 Å². The van der Waals surface area contributed by atoms with E-state index in [4.69, 9.17) is 0 Å². The second-order valence-electron chi connectivity index (χ2n) is 5.34. The van der Waals surface area contributed by atoms with Gasteiger partial charge in [-0.1, -0.05) is 44.2 Å². The molecule has 3 atom stereocenters. The fourth-order valence-corrected chi connectivity index (χ4v) is 2.75. The standard InChI is InChI=1S/C16H24N2O/c1-4-12(3)18-15(5-2)17-14(16(18)19)11-13-9-7-6-8-10-13/h6-10,12,14-15,17H,4-5,11H2,1-3H3. The van der Waals surface area contributed by atoms with Gasteiger partial charge in [-0.05, 0) is 31.7 Å². The summed E-state index contributed by atoms with van der Waals surface area (Å²) in [7, 11) is 0. The molecule has 104 valence electrons. The summed E-state index contributed by atoms with van der Waals surface area (Å²) in [4.78, 5) is 14.6. The number of hydrogen-bond donors (Lipinski definition) is 1. The van der Waals surface area contributed by atoms with E-state index in [-0.39, 0.29) is 18.1 Å². The maximum atomic E-state index is 12.5. The van der Waals surface area contributed by atoms with Gasteiger partial charge in [0.05, 0.1) is 12.2 Å². The monoisotopic (exact) mass is 260 g/mol. The predicted octanol–water partition coefficient (Wildman–Crippen LogP) is 2.56. The lowest BCUT2D eigenvalue weighted by molar-refractivity contribution is -0.132. The van der Waals surface area contributed by atoms with Gasteiger partial charge in [0, 0.05) is 6.04 Å². The second kappa shape index (κ2) is 6.20. The van der Waals surface area contributed by atoms with Crippen molar-refractivity contribution in [3.05, 3.63) is 35.9 Å². The molecule has 1 saturated heterocycles. The van der Waals surface area contributed by atoms with Crippen LogP contribution in [0.2, 0.25) is 0 Å². The topological polar surface area (TPSA) is 32.3 Å². The first-order valence-corrected chi connectivity index (χ1v) is 7.29. The first-order valence-electron chi connectivity index (χ1n) is 7.29. The van der Waals surface area contributed by atoms with Gasteiger partial charge in [0.15, 0.2) is 0 Å². The third kappa shape index (κ3) is 2.98. The van der Waals surface area contributed by atoms with Crippen LogP contribution in [0.4, 0.5) is 0 Å². The Morgan fingerprint density at radius 1 is 1.26 bits per heavy atom. The SMILES string of the molecule is CCC(C)N1C(=O)C(Cc2ccccc2)NC1CC. The molecule has 0 saturated carbocycles. The Labute approximate surface area is 116 Å². The van der Waals surface area contributed by atoms with Crippen LogP contribution in [0.1, 0.15) is 39.2 Å². The molecule has 1 aromatic rings. The molecule has 0 bridgehead atoms. The molecule has 1 aromatic carbocycles. The minimum absolute atomic E-state index is 0.0682. The average molecular weight is 260 g/mol. The van der Waals surface area contributed by atoms with E-state index in [1.807, 2.05) is 23.1 Å². The molecule has 1 fully saturated rings. The molecule has 3 unspecified atom stereocenters. The summed E-state index contributed by atoms with van der Waals surface area (Å²) in [6.45, 7) is 6.40. The van der Waals surface area contributed by atoms with E-state index in [1.165, 1.54) is 5.56 Å². The van der Waals surface area contributed by atoms with E-state index in [0.717, 1.165) is 19.3 Å². The summed E-state index contributed by atoms with van der Waals surface area (Å²) in [5.74, 6) is 0.255. The lowest BCUT2D eigenvalue weighted by Gasteiger charge is -2.29. The molecule has 19 heavy (non-hydrogen) atoms. The van der Waals surface area contributed by atoms with E-state index < -0.39 is 0 Å². The van der Waals surface area contributed by atoms with E-state index in [1.54, 1.807) is 0 Å². The maximum absolute atomic E-state index is 12.5. The Kier molecular flexibility index (Phi) is 4.59. The van der Waals surface area contributed by atoms with Gasteiger partial charge in [-0.25, -0.2) is 0 Å². The van der Waals surface area contributed by atoms with Crippen LogP contribution in [0.15, 0.2) is 30.3 Å². The van der Waals surface area contributed by atoms with Crippen LogP contribution >= 0.6 is 0 Å². The lowest BCUT2D eigenvalue weighted by atomic mass is 10.1. The predicted molar refractivity (Wildman–Crippen MR) is 77.7 cm³/mol. The largest absolute Gasteiger partial charge is 0.323 e. The molecule has 1 heterocycles. The summed E-state index contributed by atoms with van der Waals surface area (Å²) in [5, 5.41) is 3.48. The van der Waals surface area contributed by atoms with E-state index in [2.05, 4.69) is 38.2 Å². The number of nitrogens with zero attached hydrogens (tertiary/aromatic N) is 1. The third-order valence-electron chi connectivity index (χ3n) is 4.02. The molecule has 1 aliphatic rings. The van der Waals surface area contributed by atoms with Gasteiger partial charge in [0.25, 0.3) is 0 Å². The second-order valence-corrected chi connectivity index (χ2v) is 5.34. The van der Waals surface area contributed by atoms with Gasteiger partial charge >= 0.3 is 0 Å². The Hall–Kier alpha value is -1.35. The van der Waals surface area contributed by atoms with Crippen molar-refractivity contribution in [2.45, 2.75) is 58.3 Å². The van der Waals surface area contributed by atoms with Crippen molar-refractivity contribution in [3.63, 3.8) is 0 Å². The average Bonchev–Trinajstić information content (AvgIpc) is 2.76. The van der Waals surface area contributed by atoms with Gasteiger partial charge in [-0.3, -0.25) is 10.1 Å². The summed E-state index contributed by atoms with van der Waals surface area (Å²) in [6.07, 6.45) is 2.93. The molecular formula is C16H24N2O. The van der Waals surface area contributed by atoms with Crippen molar-refractivity contribution < 1.29 is 4.79 Å². The van der Waals surface area contributed by atoms with E-state index in [9.17, 15) is 4.79 Å². The van der Waals surface area contributed by atoms with Gasteiger partial charge in [0.2, 0.25) is 5.91 Å². The first kappa shape index (κ1) is 14.1. The van der Waals surface area contributed by atoms with Crippen LogP contribution < -0.4 is 5.32 Å². The minimum atomic E-state index is -0.0682. The number of rotatable bonds is 5. The first-order chi connectivity index (χ1) is 9.17. The molecule has 1 aliphatic heterocycles. The lowest BCUT2D eigenvalue weighted by Crippen LogP contribution is -2.42. The van der Waals surface area contributed by atoms with Gasteiger partial charge in [-0.2, -0.15) is 0 Å². The molecule has 1 amide bonds. The minimum Gasteiger partial charge on any atom is -0.323 e. The highest BCUT2D eigenvalue weighted by Crippen LogP contribution is 2.20. The fourth-order valence-electron chi connectivity index (χ4n) is 2.75. The van der Waals surface area contributed by atoms with E-state index >= 15 is 0 Å². The highest BCUT2D eigenvalue weighted by atomic mass is 16.2. The molecule has 0 radical (unpaired) electrons. The third-order valence-corrected chi connectivity index (χ3v) is 4.02. The zero-order chi connectivity index (χ0) is 13.8. The summed E-state index contributed by atoms with van der Waals surface area (Å²) < 4.78 is 0. The van der Waals surface area contributed by atoms with Gasteiger partial charge in [-0.15, -0.1) is 0 Å². The smallest absolute Gasteiger partial charge is 0.241 e. The highest BCUT2D eigenvalue weighted by Gasteiger charge is 2.39. The van der Waals surface area contributed by atoms with Gasteiger partial charge < -0.3 is 4.90 Å². The molecule has 0 spiro atoms. The molecule has 0 aliphatic carbocycles. The molecule has 3 nitrogen and oxygen atoms in total. The van der Waals surface area contributed by atoms with Crippen molar-refractivity contribution in [1.29, 1.82) is 0 Å². The van der Waals surface area contributed by atoms with E-state index in [0.29, 0.717) is 6.04 Å². The Balaban J connectivity index is 2.10. The van der Waals surface area contributed by atoms with Gasteiger partial charge in [0.1, 0.15) is 0 Å². The number of benzene rings is 1. The Morgan fingerprint density at radius 3 is 2.53 bits per heavy atom. The van der Waals surface area contributed by atoms with Crippen molar-refractivity contribution in [1.82, 2.24) is 10.2 Å². The van der Waals surface area contributed by atoms with Crippen LogP contribution in [0.3, 0.4) is 0 Å². The van der Waals surface area contributed by atoms with Crippen LogP contribution in [0.5, 0.6) is 0 Å². The molecule has 3 heteroatoms. The van der Waals surface area contributed by atoms with Crippen molar-refractivity contribution in [2.24, 2.45) is 0 Å². The number of carbonyl (C=O) groups is 1. The number of carbonyl (C=O) groups excluding carboxylic acids is 1. The molecular weight excluding hydrogens is 236 g/mol. The molecule has 2 rings (SSSR count). The summed E-state index contributed by atoms with van der Waals surface area (Å²) in [5.41, 5.74) is 1.22. The maximum Gasteiger partial charge on any atom is 0.241 e. The summed E-state index contributed by atoms with van der Waals surface area (Å²) in [6, 6.07) is 10.5. The van der Waals surface area contributed by atoms with Crippen molar-refractivity contribution >= 4 is 5.91 Å². The number of hydrogen-bond acceptors (Lipinski definition) is 2. The van der Waals surface area contributed by atoms with Crippen molar-refractivity contribution in [2.75, 3.05) is 0 Å². The summed E-state index contributed by atoms with van der Waals surface area (Å²) >= 11 is 0. The normalized spacial score (nSPS) is 24.8. The Morgan fingerprint density at radius 2 is 1.95 bits per heavy atom. The van der Waals surface area contributed by atoms with Crippen LogP contribution in [-0.2, 0) is 11.2 Å². The quantitative estimate of drug-likeness (QED) is 0.882. The zero-order valence-electron chi connectivity index (χ0n) is 12.1. The van der Waals surface area contributed by atoms with Crippen LogP contribution in [0, 0.1) is 0 Å². The fraction of sp³-hybridized carbons (Fsp3) is 0.562. The Bertz CT molecular complexity index is 418. The number of nitrogens with one attached hydrogen (secondary N) is 1. The highest BCUT2D eigenvalue weighted by molar-refractivity contribution is 5.85. The molecule has 1 N–H and O–H groups in total. The number of amides is 1. The molecule has 0 aromatic heterocycles.